The summed E-state index contributed by atoms with van der Waals surface area (Å²) in [5.74, 6) is -0.742. The SMILES string of the molecule is CC1(C(=O)O)CCCN1Cc1cn2ccccc2n1. The maximum absolute atomic E-state index is 11.4. The molecule has 1 aliphatic heterocycles. The van der Waals surface area contributed by atoms with Gasteiger partial charge in [-0.15, -0.1) is 0 Å². The van der Waals surface area contributed by atoms with Crippen LogP contribution in [-0.2, 0) is 11.3 Å². The number of hydrogen-bond acceptors (Lipinski definition) is 3. The average molecular weight is 259 g/mol. The molecular formula is C14H17N3O2. The Labute approximate surface area is 111 Å². The number of hydrogen-bond donors (Lipinski definition) is 1. The molecule has 19 heavy (non-hydrogen) atoms. The van der Waals surface area contributed by atoms with Crippen molar-refractivity contribution in [1.82, 2.24) is 14.3 Å². The van der Waals surface area contributed by atoms with Crippen molar-refractivity contribution < 1.29 is 9.90 Å². The second-order valence-electron chi connectivity index (χ2n) is 5.30. The number of aromatic nitrogens is 2. The van der Waals surface area contributed by atoms with E-state index in [0.717, 1.165) is 24.3 Å². The van der Waals surface area contributed by atoms with Gasteiger partial charge in [-0.1, -0.05) is 6.07 Å². The van der Waals surface area contributed by atoms with Crippen molar-refractivity contribution in [2.45, 2.75) is 31.8 Å². The van der Waals surface area contributed by atoms with E-state index in [2.05, 4.69) is 4.98 Å². The van der Waals surface area contributed by atoms with Crippen LogP contribution in [0.1, 0.15) is 25.5 Å². The van der Waals surface area contributed by atoms with Crippen LogP contribution >= 0.6 is 0 Å². The Morgan fingerprint density at radius 2 is 2.37 bits per heavy atom. The van der Waals surface area contributed by atoms with E-state index < -0.39 is 11.5 Å². The van der Waals surface area contributed by atoms with Crippen LogP contribution in [0.3, 0.4) is 0 Å². The predicted molar refractivity (Wildman–Crippen MR) is 70.9 cm³/mol. The zero-order chi connectivity index (χ0) is 13.5. The fourth-order valence-electron chi connectivity index (χ4n) is 2.77. The maximum atomic E-state index is 11.4. The van der Waals surface area contributed by atoms with Gasteiger partial charge in [-0.2, -0.15) is 0 Å². The Bertz CT molecular complexity index is 589. The Kier molecular flexibility index (Phi) is 2.78. The first kappa shape index (κ1) is 12.2. The number of carbonyl (C=O) groups is 1. The van der Waals surface area contributed by atoms with Crippen LogP contribution in [0.4, 0.5) is 0 Å². The van der Waals surface area contributed by atoms with Gasteiger partial charge in [-0.3, -0.25) is 9.69 Å². The fraction of sp³-hybridized carbons (Fsp3) is 0.429. The zero-order valence-corrected chi connectivity index (χ0v) is 10.9. The van der Waals surface area contributed by atoms with Crippen LogP contribution in [0.5, 0.6) is 0 Å². The lowest BCUT2D eigenvalue weighted by atomic mass is 9.99. The van der Waals surface area contributed by atoms with Gasteiger partial charge >= 0.3 is 5.97 Å². The van der Waals surface area contributed by atoms with Gasteiger partial charge in [0.05, 0.1) is 5.69 Å². The molecule has 1 saturated heterocycles. The van der Waals surface area contributed by atoms with Crippen molar-refractivity contribution in [1.29, 1.82) is 0 Å². The average Bonchev–Trinajstić information content (AvgIpc) is 2.94. The van der Waals surface area contributed by atoms with E-state index in [4.69, 9.17) is 0 Å². The topological polar surface area (TPSA) is 57.8 Å². The van der Waals surface area contributed by atoms with Gasteiger partial charge < -0.3 is 9.51 Å². The Morgan fingerprint density at radius 1 is 1.53 bits per heavy atom. The number of nitrogens with zero attached hydrogens (tertiary/aromatic N) is 3. The van der Waals surface area contributed by atoms with E-state index in [9.17, 15) is 9.90 Å². The molecule has 0 aromatic carbocycles. The zero-order valence-electron chi connectivity index (χ0n) is 10.9. The van der Waals surface area contributed by atoms with Crippen LogP contribution in [0, 0.1) is 0 Å². The van der Waals surface area contributed by atoms with Crippen molar-refractivity contribution in [3.05, 3.63) is 36.3 Å². The van der Waals surface area contributed by atoms with Crippen molar-refractivity contribution >= 4 is 11.6 Å². The monoisotopic (exact) mass is 259 g/mol. The Hall–Kier alpha value is -1.88. The van der Waals surface area contributed by atoms with Crippen molar-refractivity contribution in [3.8, 4) is 0 Å². The smallest absolute Gasteiger partial charge is 0.323 e. The molecule has 3 rings (SSSR count). The van der Waals surface area contributed by atoms with Crippen LogP contribution < -0.4 is 0 Å². The van der Waals surface area contributed by atoms with E-state index in [1.54, 1.807) is 6.92 Å². The van der Waals surface area contributed by atoms with Gasteiger partial charge in [0.25, 0.3) is 0 Å². The molecule has 0 amide bonds. The predicted octanol–water partition coefficient (Wildman–Crippen LogP) is 1.77. The maximum Gasteiger partial charge on any atom is 0.323 e. The standard InChI is InChI=1S/C14H17N3O2/c1-14(13(18)19)6-4-8-17(14)10-11-9-16-7-3-2-5-12(16)15-11/h2-3,5,7,9H,4,6,8,10H2,1H3,(H,18,19). The number of rotatable bonds is 3. The third-order valence-electron chi connectivity index (χ3n) is 4.02. The highest BCUT2D eigenvalue weighted by Crippen LogP contribution is 2.30. The first-order valence-electron chi connectivity index (χ1n) is 6.51. The molecule has 5 nitrogen and oxygen atoms in total. The lowest BCUT2D eigenvalue weighted by Crippen LogP contribution is -2.47. The minimum absolute atomic E-state index is 0.588. The highest BCUT2D eigenvalue weighted by Gasteiger charge is 2.43. The summed E-state index contributed by atoms with van der Waals surface area (Å²) in [5.41, 5.74) is 1.06. The van der Waals surface area contributed by atoms with Gasteiger partial charge in [0.1, 0.15) is 11.2 Å². The number of fused-ring (bicyclic) bond motifs is 1. The quantitative estimate of drug-likeness (QED) is 0.912. The van der Waals surface area contributed by atoms with Crippen LogP contribution in [0.25, 0.3) is 5.65 Å². The van der Waals surface area contributed by atoms with E-state index in [1.807, 2.05) is 39.9 Å². The Balaban J connectivity index is 1.86. The number of carboxylic acid groups (broad SMARTS) is 1. The molecule has 1 N–H and O–H groups in total. The summed E-state index contributed by atoms with van der Waals surface area (Å²) in [4.78, 5) is 18.0. The largest absolute Gasteiger partial charge is 0.480 e. The summed E-state index contributed by atoms with van der Waals surface area (Å²) < 4.78 is 1.96. The Morgan fingerprint density at radius 3 is 3.11 bits per heavy atom. The second kappa shape index (κ2) is 4.35. The normalized spacial score (nSPS) is 24.1. The summed E-state index contributed by atoms with van der Waals surface area (Å²) in [5, 5.41) is 9.39. The van der Waals surface area contributed by atoms with Crippen molar-refractivity contribution in [3.63, 3.8) is 0 Å². The van der Waals surface area contributed by atoms with E-state index in [0.29, 0.717) is 13.0 Å². The van der Waals surface area contributed by atoms with Gasteiger partial charge in [-0.05, 0) is 38.4 Å². The molecule has 5 heteroatoms. The molecule has 1 atom stereocenters. The molecule has 2 aromatic heterocycles. The van der Waals surface area contributed by atoms with E-state index >= 15 is 0 Å². The lowest BCUT2D eigenvalue weighted by molar-refractivity contribution is -0.148. The molecule has 0 radical (unpaired) electrons. The summed E-state index contributed by atoms with van der Waals surface area (Å²) >= 11 is 0. The number of imidazole rings is 1. The molecule has 0 saturated carbocycles. The van der Waals surface area contributed by atoms with Gasteiger partial charge in [-0.25, -0.2) is 4.98 Å². The molecule has 0 bridgehead atoms. The number of carboxylic acids is 1. The molecule has 100 valence electrons. The minimum Gasteiger partial charge on any atom is -0.480 e. The molecule has 1 fully saturated rings. The van der Waals surface area contributed by atoms with Crippen molar-refractivity contribution in [2.24, 2.45) is 0 Å². The van der Waals surface area contributed by atoms with Crippen LogP contribution in [0.15, 0.2) is 30.6 Å². The molecule has 3 heterocycles. The first-order chi connectivity index (χ1) is 9.09. The molecule has 1 unspecified atom stereocenters. The fourth-order valence-corrected chi connectivity index (χ4v) is 2.77. The highest BCUT2D eigenvalue weighted by atomic mass is 16.4. The number of aliphatic carboxylic acids is 1. The number of likely N-dealkylation sites (tertiary alicyclic amines) is 1. The molecule has 2 aromatic rings. The molecule has 0 spiro atoms. The lowest BCUT2D eigenvalue weighted by Gasteiger charge is -2.30. The van der Waals surface area contributed by atoms with Gasteiger partial charge in [0.2, 0.25) is 0 Å². The van der Waals surface area contributed by atoms with E-state index in [-0.39, 0.29) is 0 Å². The highest BCUT2D eigenvalue weighted by molar-refractivity contribution is 5.78. The third-order valence-corrected chi connectivity index (χ3v) is 4.02. The van der Waals surface area contributed by atoms with Gasteiger partial charge in [0.15, 0.2) is 0 Å². The summed E-state index contributed by atoms with van der Waals surface area (Å²) in [6, 6.07) is 5.85. The van der Waals surface area contributed by atoms with Gasteiger partial charge in [0, 0.05) is 18.9 Å². The van der Waals surface area contributed by atoms with Crippen molar-refractivity contribution in [2.75, 3.05) is 6.54 Å². The third kappa shape index (κ3) is 2.00. The number of pyridine rings is 1. The second-order valence-corrected chi connectivity index (χ2v) is 5.30. The molecule has 0 aliphatic carbocycles. The van der Waals surface area contributed by atoms with Crippen LogP contribution in [0.2, 0.25) is 0 Å². The summed E-state index contributed by atoms with van der Waals surface area (Å²) in [6.45, 7) is 3.21. The van der Waals surface area contributed by atoms with E-state index in [1.165, 1.54) is 0 Å². The summed E-state index contributed by atoms with van der Waals surface area (Å²) in [7, 11) is 0. The molecular weight excluding hydrogens is 242 g/mol. The van der Waals surface area contributed by atoms with Crippen LogP contribution in [-0.4, -0.2) is 37.4 Å². The minimum atomic E-state index is -0.754. The first-order valence-corrected chi connectivity index (χ1v) is 6.51. The summed E-state index contributed by atoms with van der Waals surface area (Å²) in [6.07, 6.45) is 5.55. The molecule has 1 aliphatic rings.